The summed E-state index contributed by atoms with van der Waals surface area (Å²) in [5, 5.41) is 3.48. The Kier molecular flexibility index (Phi) is 4.22. The van der Waals surface area contributed by atoms with Crippen molar-refractivity contribution in [3.8, 4) is 0 Å². The molecule has 0 saturated carbocycles. The van der Waals surface area contributed by atoms with Gasteiger partial charge in [-0.15, -0.1) is 0 Å². The van der Waals surface area contributed by atoms with Crippen LogP contribution in [0, 0.1) is 5.41 Å². The van der Waals surface area contributed by atoms with E-state index in [4.69, 9.17) is 4.74 Å². The lowest BCUT2D eigenvalue weighted by Gasteiger charge is -2.43. The Morgan fingerprint density at radius 3 is 2.75 bits per heavy atom. The van der Waals surface area contributed by atoms with E-state index in [2.05, 4.69) is 24.1 Å². The molecule has 2 saturated heterocycles. The molecule has 0 aromatic carbocycles. The minimum absolute atomic E-state index is 0.421. The summed E-state index contributed by atoms with van der Waals surface area (Å²) in [6, 6.07) is 0. The van der Waals surface area contributed by atoms with Gasteiger partial charge in [-0.3, -0.25) is 4.90 Å². The van der Waals surface area contributed by atoms with Crippen molar-refractivity contribution >= 4 is 0 Å². The molecule has 3 nitrogen and oxygen atoms in total. The van der Waals surface area contributed by atoms with E-state index in [0.717, 1.165) is 19.7 Å². The molecule has 0 amide bonds. The van der Waals surface area contributed by atoms with Crippen molar-refractivity contribution in [1.29, 1.82) is 0 Å². The highest BCUT2D eigenvalue weighted by atomic mass is 16.5. The number of ether oxygens (including phenoxy) is 1. The molecule has 0 aromatic rings. The van der Waals surface area contributed by atoms with Crippen molar-refractivity contribution in [2.75, 3.05) is 39.3 Å². The molecular formula is C13H26N2O. The molecule has 2 aliphatic rings. The second kappa shape index (κ2) is 5.48. The fraction of sp³-hybridized carbons (Fsp3) is 1.00. The number of rotatable bonds is 3. The average Bonchev–Trinajstić information content (AvgIpc) is 2.30. The molecule has 1 atom stereocenters. The van der Waals surface area contributed by atoms with Crippen LogP contribution in [0.2, 0.25) is 0 Å². The van der Waals surface area contributed by atoms with Crippen LogP contribution in [0.4, 0.5) is 0 Å². The number of hydrogen-bond donors (Lipinski definition) is 1. The van der Waals surface area contributed by atoms with Crippen LogP contribution in [0.1, 0.15) is 33.1 Å². The fourth-order valence-corrected chi connectivity index (χ4v) is 3.09. The van der Waals surface area contributed by atoms with E-state index in [1.54, 1.807) is 0 Å². The van der Waals surface area contributed by atoms with E-state index >= 15 is 0 Å². The van der Waals surface area contributed by atoms with Crippen LogP contribution in [-0.4, -0.2) is 50.3 Å². The quantitative estimate of drug-likeness (QED) is 0.789. The van der Waals surface area contributed by atoms with Crippen molar-refractivity contribution < 1.29 is 4.74 Å². The summed E-state index contributed by atoms with van der Waals surface area (Å²) < 4.78 is 5.61. The van der Waals surface area contributed by atoms with E-state index in [1.807, 2.05) is 0 Å². The van der Waals surface area contributed by atoms with Crippen LogP contribution in [0.15, 0.2) is 0 Å². The standard InChI is InChI=1S/C13H26N2O/c1-3-13(4-6-14-7-5-13)11-15-8-9-16-12(2)10-15/h12,14H,3-11H2,1-2H3. The number of morpholine rings is 1. The first-order chi connectivity index (χ1) is 7.74. The molecular weight excluding hydrogens is 200 g/mol. The summed E-state index contributed by atoms with van der Waals surface area (Å²) in [5.74, 6) is 0. The van der Waals surface area contributed by atoms with E-state index in [1.165, 1.54) is 38.9 Å². The maximum Gasteiger partial charge on any atom is 0.0674 e. The van der Waals surface area contributed by atoms with Gasteiger partial charge in [0, 0.05) is 19.6 Å². The van der Waals surface area contributed by atoms with Gasteiger partial charge < -0.3 is 10.1 Å². The number of nitrogens with one attached hydrogen (secondary N) is 1. The molecule has 0 aromatic heterocycles. The first kappa shape index (κ1) is 12.3. The third-order valence-electron chi connectivity index (χ3n) is 4.30. The predicted octanol–water partition coefficient (Wildman–Crippen LogP) is 1.49. The Morgan fingerprint density at radius 2 is 2.12 bits per heavy atom. The molecule has 3 heteroatoms. The summed E-state index contributed by atoms with van der Waals surface area (Å²) >= 11 is 0. The Balaban J connectivity index is 1.89. The lowest BCUT2D eigenvalue weighted by molar-refractivity contribution is -0.0367. The second-order valence-corrected chi connectivity index (χ2v) is 5.52. The molecule has 0 spiro atoms. The lowest BCUT2D eigenvalue weighted by atomic mass is 9.76. The van der Waals surface area contributed by atoms with Gasteiger partial charge in [0.15, 0.2) is 0 Å². The highest BCUT2D eigenvalue weighted by Crippen LogP contribution is 2.33. The van der Waals surface area contributed by atoms with Gasteiger partial charge in [0.25, 0.3) is 0 Å². The third-order valence-corrected chi connectivity index (χ3v) is 4.30. The van der Waals surface area contributed by atoms with Crippen LogP contribution < -0.4 is 5.32 Å². The maximum atomic E-state index is 5.61. The largest absolute Gasteiger partial charge is 0.376 e. The van der Waals surface area contributed by atoms with Crippen LogP contribution >= 0.6 is 0 Å². The van der Waals surface area contributed by atoms with Gasteiger partial charge >= 0.3 is 0 Å². The zero-order valence-electron chi connectivity index (χ0n) is 10.8. The van der Waals surface area contributed by atoms with Crippen molar-refractivity contribution in [1.82, 2.24) is 10.2 Å². The molecule has 0 aliphatic carbocycles. The Labute approximate surface area is 99.5 Å². The van der Waals surface area contributed by atoms with Crippen molar-refractivity contribution in [2.45, 2.75) is 39.2 Å². The zero-order valence-corrected chi connectivity index (χ0v) is 10.8. The van der Waals surface area contributed by atoms with Crippen molar-refractivity contribution in [3.63, 3.8) is 0 Å². The maximum absolute atomic E-state index is 5.61. The Morgan fingerprint density at radius 1 is 1.38 bits per heavy atom. The van der Waals surface area contributed by atoms with Gasteiger partial charge in [0.05, 0.1) is 12.7 Å². The van der Waals surface area contributed by atoms with E-state index < -0.39 is 0 Å². The van der Waals surface area contributed by atoms with Crippen molar-refractivity contribution in [3.05, 3.63) is 0 Å². The number of piperidine rings is 1. The van der Waals surface area contributed by atoms with E-state index in [9.17, 15) is 0 Å². The third kappa shape index (κ3) is 2.96. The summed E-state index contributed by atoms with van der Waals surface area (Å²) in [6.07, 6.45) is 4.43. The molecule has 16 heavy (non-hydrogen) atoms. The summed E-state index contributed by atoms with van der Waals surface area (Å²) in [6.45, 7) is 11.4. The van der Waals surface area contributed by atoms with Crippen LogP contribution in [-0.2, 0) is 4.74 Å². The lowest BCUT2D eigenvalue weighted by Crippen LogP contribution is -2.49. The van der Waals surface area contributed by atoms with Crippen molar-refractivity contribution in [2.24, 2.45) is 5.41 Å². The Hall–Kier alpha value is -0.120. The summed E-state index contributed by atoms with van der Waals surface area (Å²) in [4.78, 5) is 2.61. The average molecular weight is 226 g/mol. The van der Waals surface area contributed by atoms with Gasteiger partial charge in [0.1, 0.15) is 0 Å². The highest BCUT2D eigenvalue weighted by Gasteiger charge is 2.33. The Bertz CT molecular complexity index is 214. The van der Waals surface area contributed by atoms with Crippen LogP contribution in [0.5, 0.6) is 0 Å². The predicted molar refractivity (Wildman–Crippen MR) is 66.7 cm³/mol. The molecule has 1 N–H and O–H groups in total. The minimum atomic E-state index is 0.421. The molecule has 2 aliphatic heterocycles. The molecule has 2 rings (SSSR count). The normalized spacial score (nSPS) is 31.5. The minimum Gasteiger partial charge on any atom is -0.376 e. The number of nitrogens with zero attached hydrogens (tertiary/aromatic N) is 1. The monoisotopic (exact) mass is 226 g/mol. The smallest absolute Gasteiger partial charge is 0.0674 e. The highest BCUT2D eigenvalue weighted by molar-refractivity contribution is 4.87. The first-order valence-corrected chi connectivity index (χ1v) is 6.79. The molecule has 0 bridgehead atoms. The van der Waals surface area contributed by atoms with Crippen LogP contribution in [0.25, 0.3) is 0 Å². The zero-order chi connectivity index (χ0) is 11.4. The van der Waals surface area contributed by atoms with E-state index in [0.29, 0.717) is 11.5 Å². The van der Waals surface area contributed by atoms with E-state index in [-0.39, 0.29) is 0 Å². The van der Waals surface area contributed by atoms with Gasteiger partial charge in [-0.05, 0) is 44.7 Å². The van der Waals surface area contributed by atoms with Gasteiger partial charge in [-0.1, -0.05) is 6.92 Å². The first-order valence-electron chi connectivity index (χ1n) is 6.79. The summed E-state index contributed by atoms with van der Waals surface area (Å²) in [7, 11) is 0. The SMILES string of the molecule is CCC1(CN2CCOC(C)C2)CCNCC1. The molecule has 2 heterocycles. The molecule has 94 valence electrons. The van der Waals surface area contributed by atoms with Gasteiger partial charge in [-0.25, -0.2) is 0 Å². The molecule has 2 fully saturated rings. The summed E-state index contributed by atoms with van der Waals surface area (Å²) in [5.41, 5.74) is 0.572. The molecule has 1 unspecified atom stereocenters. The fourth-order valence-electron chi connectivity index (χ4n) is 3.09. The topological polar surface area (TPSA) is 24.5 Å². The number of hydrogen-bond acceptors (Lipinski definition) is 3. The van der Waals surface area contributed by atoms with Gasteiger partial charge in [-0.2, -0.15) is 0 Å². The van der Waals surface area contributed by atoms with Gasteiger partial charge in [0.2, 0.25) is 0 Å². The van der Waals surface area contributed by atoms with Crippen LogP contribution in [0.3, 0.4) is 0 Å². The molecule has 0 radical (unpaired) electrons. The second-order valence-electron chi connectivity index (χ2n) is 5.52.